The second-order valence-corrected chi connectivity index (χ2v) is 4.72. The van der Waals surface area contributed by atoms with Gasteiger partial charge in [0.1, 0.15) is 0 Å². The van der Waals surface area contributed by atoms with Gasteiger partial charge < -0.3 is 5.73 Å². The molecular weight excluding hydrogens is 261 g/mol. The zero-order chi connectivity index (χ0) is 13.6. The van der Waals surface area contributed by atoms with E-state index in [0.29, 0.717) is 13.1 Å². The lowest BCUT2D eigenvalue weighted by Crippen LogP contribution is -2.33. The molecule has 0 saturated carbocycles. The standard InChI is InChI=1S/C12H15F3N2S/c1-2-17(9-12(13,14)15)7-11-6-10(8-18-11)4-3-5-16/h6,8H,2,5,7,9,16H2,1H3. The highest BCUT2D eigenvalue weighted by molar-refractivity contribution is 7.10. The summed E-state index contributed by atoms with van der Waals surface area (Å²) in [5.41, 5.74) is 6.06. The van der Waals surface area contributed by atoms with E-state index < -0.39 is 12.7 Å². The van der Waals surface area contributed by atoms with Crippen molar-refractivity contribution in [2.75, 3.05) is 19.6 Å². The maximum Gasteiger partial charge on any atom is 0.401 e. The molecule has 0 atom stereocenters. The molecule has 1 aromatic heterocycles. The van der Waals surface area contributed by atoms with E-state index in [4.69, 9.17) is 5.73 Å². The van der Waals surface area contributed by atoms with Crippen LogP contribution < -0.4 is 5.73 Å². The minimum atomic E-state index is -4.16. The SMILES string of the molecule is CCN(Cc1cc(C#CCN)cs1)CC(F)(F)F. The summed E-state index contributed by atoms with van der Waals surface area (Å²) < 4.78 is 36.9. The molecule has 2 nitrogen and oxygen atoms in total. The number of nitrogens with zero attached hydrogens (tertiary/aromatic N) is 1. The maximum atomic E-state index is 12.3. The number of hydrogen-bond acceptors (Lipinski definition) is 3. The molecule has 0 bridgehead atoms. The van der Waals surface area contributed by atoms with Crippen molar-refractivity contribution in [1.82, 2.24) is 4.90 Å². The van der Waals surface area contributed by atoms with Crippen molar-refractivity contribution in [2.45, 2.75) is 19.6 Å². The Hall–Kier alpha value is -1.03. The molecule has 0 radical (unpaired) electrons. The minimum absolute atomic E-state index is 0.278. The van der Waals surface area contributed by atoms with Crippen LogP contribution in [-0.4, -0.2) is 30.7 Å². The maximum absolute atomic E-state index is 12.3. The molecule has 1 rings (SSSR count). The molecule has 0 spiro atoms. The van der Waals surface area contributed by atoms with E-state index in [1.165, 1.54) is 16.2 Å². The summed E-state index contributed by atoms with van der Waals surface area (Å²) in [6, 6.07) is 1.81. The fourth-order valence-electron chi connectivity index (χ4n) is 1.44. The van der Waals surface area contributed by atoms with Crippen molar-refractivity contribution in [1.29, 1.82) is 0 Å². The van der Waals surface area contributed by atoms with Crippen molar-refractivity contribution in [3.8, 4) is 11.8 Å². The topological polar surface area (TPSA) is 29.3 Å². The van der Waals surface area contributed by atoms with Crippen molar-refractivity contribution in [2.24, 2.45) is 5.73 Å². The molecule has 0 aromatic carbocycles. The number of hydrogen-bond donors (Lipinski definition) is 1. The lowest BCUT2D eigenvalue weighted by molar-refractivity contribution is -0.146. The van der Waals surface area contributed by atoms with E-state index in [0.717, 1.165) is 10.4 Å². The lowest BCUT2D eigenvalue weighted by atomic mass is 10.3. The van der Waals surface area contributed by atoms with Crippen LogP contribution in [0.1, 0.15) is 17.4 Å². The summed E-state index contributed by atoms with van der Waals surface area (Å²) in [6.45, 7) is 1.77. The number of nitrogens with two attached hydrogens (primary N) is 1. The Morgan fingerprint density at radius 3 is 2.72 bits per heavy atom. The van der Waals surface area contributed by atoms with Crippen LogP contribution in [0, 0.1) is 11.8 Å². The fourth-order valence-corrected chi connectivity index (χ4v) is 2.29. The molecule has 0 aliphatic heterocycles. The fraction of sp³-hybridized carbons (Fsp3) is 0.500. The molecule has 0 fully saturated rings. The van der Waals surface area contributed by atoms with Gasteiger partial charge in [-0.25, -0.2) is 0 Å². The Morgan fingerprint density at radius 1 is 1.44 bits per heavy atom. The predicted octanol–water partition coefficient (Wildman–Crippen LogP) is 2.44. The van der Waals surface area contributed by atoms with Crippen LogP contribution >= 0.6 is 11.3 Å². The number of halogens is 3. The van der Waals surface area contributed by atoms with Crippen LogP contribution in [0.5, 0.6) is 0 Å². The van der Waals surface area contributed by atoms with E-state index in [-0.39, 0.29) is 6.54 Å². The molecule has 0 saturated heterocycles. The molecule has 2 N–H and O–H groups in total. The first-order valence-electron chi connectivity index (χ1n) is 5.50. The lowest BCUT2D eigenvalue weighted by Gasteiger charge is -2.20. The molecule has 0 unspecified atom stereocenters. The van der Waals surface area contributed by atoms with E-state index in [9.17, 15) is 13.2 Å². The van der Waals surface area contributed by atoms with Gasteiger partial charge in [-0.05, 0) is 12.6 Å². The van der Waals surface area contributed by atoms with Crippen molar-refractivity contribution >= 4 is 11.3 Å². The zero-order valence-corrected chi connectivity index (χ0v) is 10.9. The van der Waals surface area contributed by atoms with Gasteiger partial charge in [-0.2, -0.15) is 13.2 Å². The summed E-state index contributed by atoms with van der Waals surface area (Å²) in [4.78, 5) is 2.23. The smallest absolute Gasteiger partial charge is 0.320 e. The normalized spacial score (nSPS) is 11.4. The van der Waals surface area contributed by atoms with Crippen LogP contribution in [0.15, 0.2) is 11.4 Å². The molecule has 0 amide bonds. The number of thiophene rings is 1. The molecule has 6 heteroatoms. The Bertz CT molecular complexity index is 429. The highest BCUT2D eigenvalue weighted by Gasteiger charge is 2.30. The first-order chi connectivity index (χ1) is 8.44. The van der Waals surface area contributed by atoms with Crippen molar-refractivity contribution in [3.05, 3.63) is 21.9 Å². The highest BCUT2D eigenvalue weighted by Crippen LogP contribution is 2.20. The molecule has 1 heterocycles. The first kappa shape index (κ1) is 15.0. The first-order valence-corrected chi connectivity index (χ1v) is 6.38. The number of alkyl halides is 3. The van der Waals surface area contributed by atoms with Crippen LogP contribution in [0.4, 0.5) is 13.2 Å². The average Bonchev–Trinajstić information content (AvgIpc) is 2.71. The Morgan fingerprint density at radius 2 is 2.17 bits per heavy atom. The molecule has 100 valence electrons. The van der Waals surface area contributed by atoms with Gasteiger partial charge in [0.25, 0.3) is 0 Å². The van der Waals surface area contributed by atoms with Gasteiger partial charge in [-0.3, -0.25) is 4.90 Å². The third-order valence-corrected chi connectivity index (χ3v) is 3.14. The van der Waals surface area contributed by atoms with Gasteiger partial charge in [0.2, 0.25) is 0 Å². The van der Waals surface area contributed by atoms with Gasteiger partial charge in [-0.15, -0.1) is 11.3 Å². The molecule has 18 heavy (non-hydrogen) atoms. The third kappa shape index (κ3) is 5.54. The molecule has 0 aliphatic carbocycles. The van der Waals surface area contributed by atoms with Gasteiger partial charge >= 0.3 is 6.18 Å². The Balaban J connectivity index is 2.62. The van der Waals surface area contributed by atoms with Crippen LogP contribution in [-0.2, 0) is 6.54 Å². The largest absolute Gasteiger partial charge is 0.401 e. The molecule has 0 aliphatic rings. The monoisotopic (exact) mass is 276 g/mol. The number of rotatable bonds is 4. The summed E-state index contributed by atoms with van der Waals surface area (Å²) in [6.07, 6.45) is -4.16. The van der Waals surface area contributed by atoms with Crippen LogP contribution in [0.25, 0.3) is 0 Å². The van der Waals surface area contributed by atoms with Gasteiger partial charge in [-0.1, -0.05) is 18.8 Å². The highest BCUT2D eigenvalue weighted by atomic mass is 32.1. The Labute approximate surface area is 109 Å². The van der Waals surface area contributed by atoms with E-state index in [2.05, 4.69) is 11.8 Å². The van der Waals surface area contributed by atoms with Crippen LogP contribution in [0.3, 0.4) is 0 Å². The predicted molar refractivity (Wildman–Crippen MR) is 67.3 cm³/mol. The summed E-state index contributed by atoms with van der Waals surface area (Å²) in [5.74, 6) is 5.57. The average molecular weight is 276 g/mol. The Kier molecular flexibility index (Phi) is 5.66. The minimum Gasteiger partial charge on any atom is -0.320 e. The van der Waals surface area contributed by atoms with Crippen molar-refractivity contribution in [3.63, 3.8) is 0 Å². The summed E-state index contributed by atoms with van der Waals surface area (Å²) >= 11 is 1.42. The summed E-state index contributed by atoms with van der Waals surface area (Å²) in [7, 11) is 0. The molecule has 1 aromatic rings. The second kappa shape index (κ2) is 6.78. The van der Waals surface area contributed by atoms with Crippen molar-refractivity contribution < 1.29 is 13.2 Å². The zero-order valence-electron chi connectivity index (χ0n) is 10.0. The van der Waals surface area contributed by atoms with Crippen LogP contribution in [0.2, 0.25) is 0 Å². The quantitative estimate of drug-likeness (QED) is 0.856. The second-order valence-electron chi connectivity index (χ2n) is 3.73. The van der Waals surface area contributed by atoms with E-state index in [1.807, 2.05) is 11.4 Å². The van der Waals surface area contributed by atoms with E-state index >= 15 is 0 Å². The van der Waals surface area contributed by atoms with E-state index in [1.54, 1.807) is 6.92 Å². The van der Waals surface area contributed by atoms with Gasteiger partial charge in [0.05, 0.1) is 13.1 Å². The third-order valence-electron chi connectivity index (χ3n) is 2.22. The van der Waals surface area contributed by atoms with Gasteiger partial charge in [0.15, 0.2) is 0 Å². The van der Waals surface area contributed by atoms with Gasteiger partial charge in [0, 0.05) is 22.4 Å². The summed E-state index contributed by atoms with van der Waals surface area (Å²) in [5, 5.41) is 1.83. The molecular formula is C12H15F3N2S.